The molecular formula is C23H22ClNOS. The summed E-state index contributed by atoms with van der Waals surface area (Å²) in [5, 5.41) is 3.69. The summed E-state index contributed by atoms with van der Waals surface area (Å²) in [6, 6.07) is 25.7. The molecule has 0 saturated heterocycles. The van der Waals surface area contributed by atoms with Gasteiger partial charge in [-0.15, -0.1) is 11.8 Å². The summed E-state index contributed by atoms with van der Waals surface area (Å²) in [6.45, 7) is 3.98. The van der Waals surface area contributed by atoms with E-state index in [1.807, 2.05) is 61.5 Å². The van der Waals surface area contributed by atoms with Crippen LogP contribution in [0, 0.1) is 6.92 Å². The Hall–Kier alpha value is -2.23. The first-order chi connectivity index (χ1) is 13.0. The molecule has 0 radical (unpaired) electrons. The third kappa shape index (κ3) is 5.38. The Labute approximate surface area is 170 Å². The van der Waals surface area contributed by atoms with Crippen molar-refractivity contribution in [3.8, 4) is 0 Å². The summed E-state index contributed by atoms with van der Waals surface area (Å²) in [6.07, 6.45) is 0. The summed E-state index contributed by atoms with van der Waals surface area (Å²) >= 11 is 7.46. The number of rotatable bonds is 6. The van der Waals surface area contributed by atoms with E-state index in [1.54, 1.807) is 0 Å². The predicted molar refractivity (Wildman–Crippen MR) is 114 cm³/mol. The number of carbonyl (C=O) groups excluding carboxylic acids is 1. The molecule has 1 amide bonds. The van der Waals surface area contributed by atoms with Gasteiger partial charge < -0.3 is 5.32 Å². The van der Waals surface area contributed by atoms with E-state index < -0.39 is 0 Å². The van der Waals surface area contributed by atoms with Gasteiger partial charge in [-0.2, -0.15) is 0 Å². The summed E-state index contributed by atoms with van der Waals surface area (Å²) in [7, 11) is 0. The minimum Gasteiger partial charge on any atom is -0.344 e. The van der Waals surface area contributed by atoms with Crippen LogP contribution in [0.3, 0.4) is 0 Å². The van der Waals surface area contributed by atoms with Crippen LogP contribution in [0.4, 0.5) is 0 Å². The van der Waals surface area contributed by atoms with Crippen molar-refractivity contribution in [1.82, 2.24) is 5.32 Å². The predicted octanol–water partition coefficient (Wildman–Crippen LogP) is 6.03. The monoisotopic (exact) mass is 395 g/mol. The lowest BCUT2D eigenvalue weighted by Crippen LogP contribution is -2.34. The van der Waals surface area contributed by atoms with Gasteiger partial charge in [0.2, 0.25) is 5.91 Å². The maximum absolute atomic E-state index is 12.9. The fraction of sp³-hybridized carbons (Fsp3) is 0.174. The highest BCUT2D eigenvalue weighted by Crippen LogP contribution is 2.27. The van der Waals surface area contributed by atoms with E-state index in [9.17, 15) is 4.79 Å². The lowest BCUT2D eigenvalue weighted by atomic mass is 9.97. The van der Waals surface area contributed by atoms with Crippen LogP contribution in [0.2, 0.25) is 5.02 Å². The number of hydrogen-bond acceptors (Lipinski definition) is 2. The van der Waals surface area contributed by atoms with Crippen LogP contribution in [-0.2, 0) is 4.79 Å². The number of amides is 1. The highest BCUT2D eigenvalue weighted by molar-refractivity contribution is 8.00. The summed E-state index contributed by atoms with van der Waals surface area (Å²) in [5.41, 5.74) is 3.34. The SMILES string of the molecule is Cc1ccc([C@H](NC(=O)[C@H](C)Sc2ccc(Cl)cc2)c2ccccc2)cc1. The standard InChI is InChI=1S/C23H22ClNOS/c1-16-8-10-19(11-9-16)22(18-6-4-3-5-7-18)25-23(26)17(2)27-21-14-12-20(24)13-15-21/h3-15,17,22H,1-2H3,(H,25,26)/t17-,22+/m0/s1. The zero-order valence-corrected chi connectivity index (χ0v) is 16.9. The molecular weight excluding hydrogens is 374 g/mol. The average Bonchev–Trinajstić information content (AvgIpc) is 2.69. The summed E-state index contributed by atoms with van der Waals surface area (Å²) < 4.78 is 0. The van der Waals surface area contributed by atoms with E-state index >= 15 is 0 Å². The second kappa shape index (κ2) is 9.12. The Morgan fingerprint density at radius 3 is 2.11 bits per heavy atom. The second-order valence-corrected chi connectivity index (χ2v) is 8.33. The molecule has 27 heavy (non-hydrogen) atoms. The van der Waals surface area contributed by atoms with Crippen LogP contribution >= 0.6 is 23.4 Å². The van der Waals surface area contributed by atoms with Crippen LogP contribution in [0.15, 0.2) is 83.8 Å². The van der Waals surface area contributed by atoms with Crippen molar-refractivity contribution in [2.75, 3.05) is 0 Å². The molecule has 3 aromatic carbocycles. The van der Waals surface area contributed by atoms with Gasteiger partial charge >= 0.3 is 0 Å². The van der Waals surface area contributed by atoms with E-state index in [-0.39, 0.29) is 17.2 Å². The number of carbonyl (C=O) groups is 1. The van der Waals surface area contributed by atoms with Crippen molar-refractivity contribution >= 4 is 29.3 Å². The molecule has 2 atom stereocenters. The average molecular weight is 396 g/mol. The van der Waals surface area contributed by atoms with Crippen molar-refractivity contribution in [3.05, 3.63) is 101 Å². The van der Waals surface area contributed by atoms with Gasteiger partial charge in [-0.25, -0.2) is 0 Å². The fourth-order valence-electron chi connectivity index (χ4n) is 2.79. The number of nitrogens with one attached hydrogen (secondary N) is 1. The molecule has 0 aliphatic carbocycles. The number of halogens is 1. The van der Waals surface area contributed by atoms with Crippen LogP contribution in [0.1, 0.15) is 29.7 Å². The summed E-state index contributed by atoms with van der Waals surface area (Å²) in [4.78, 5) is 13.9. The van der Waals surface area contributed by atoms with E-state index in [0.29, 0.717) is 5.02 Å². The molecule has 0 unspecified atom stereocenters. The topological polar surface area (TPSA) is 29.1 Å². The molecule has 3 aromatic rings. The van der Waals surface area contributed by atoms with Gasteiger partial charge in [-0.1, -0.05) is 71.8 Å². The Balaban J connectivity index is 1.77. The van der Waals surface area contributed by atoms with E-state index in [2.05, 4.69) is 36.5 Å². The minimum absolute atomic E-state index is 0.00405. The van der Waals surface area contributed by atoms with Gasteiger partial charge in [0.15, 0.2) is 0 Å². The van der Waals surface area contributed by atoms with Crippen molar-refractivity contribution in [3.63, 3.8) is 0 Å². The van der Waals surface area contributed by atoms with Crippen molar-refractivity contribution < 1.29 is 4.79 Å². The van der Waals surface area contributed by atoms with Gasteiger partial charge in [-0.05, 0) is 49.2 Å². The van der Waals surface area contributed by atoms with E-state index in [1.165, 1.54) is 17.3 Å². The second-order valence-electron chi connectivity index (χ2n) is 6.48. The van der Waals surface area contributed by atoms with Crippen LogP contribution < -0.4 is 5.32 Å². The zero-order chi connectivity index (χ0) is 19.2. The van der Waals surface area contributed by atoms with Gasteiger partial charge in [0.05, 0.1) is 11.3 Å². The molecule has 0 aliphatic rings. The highest BCUT2D eigenvalue weighted by Gasteiger charge is 2.21. The Bertz CT molecular complexity index is 879. The van der Waals surface area contributed by atoms with Gasteiger partial charge in [0.1, 0.15) is 0 Å². The molecule has 0 spiro atoms. The first-order valence-electron chi connectivity index (χ1n) is 8.87. The zero-order valence-electron chi connectivity index (χ0n) is 15.4. The number of benzene rings is 3. The van der Waals surface area contributed by atoms with Crippen LogP contribution in [0.25, 0.3) is 0 Å². The molecule has 0 aromatic heterocycles. The maximum atomic E-state index is 12.9. The first kappa shape index (κ1) is 19.5. The Morgan fingerprint density at radius 2 is 1.48 bits per heavy atom. The quantitative estimate of drug-likeness (QED) is 0.516. The molecule has 0 saturated carbocycles. The fourth-order valence-corrected chi connectivity index (χ4v) is 3.80. The number of aryl methyl sites for hydroxylation is 1. The molecule has 0 aliphatic heterocycles. The van der Waals surface area contributed by atoms with Gasteiger partial charge in [-0.3, -0.25) is 4.79 Å². The lowest BCUT2D eigenvalue weighted by Gasteiger charge is -2.22. The van der Waals surface area contributed by atoms with Crippen molar-refractivity contribution in [2.45, 2.75) is 30.0 Å². The molecule has 0 fully saturated rings. The van der Waals surface area contributed by atoms with Gasteiger partial charge in [0.25, 0.3) is 0 Å². The number of hydrogen-bond donors (Lipinski definition) is 1. The van der Waals surface area contributed by atoms with Crippen LogP contribution in [-0.4, -0.2) is 11.2 Å². The smallest absolute Gasteiger partial charge is 0.233 e. The normalized spacial score (nSPS) is 13.0. The molecule has 3 rings (SSSR count). The minimum atomic E-state index is -0.220. The first-order valence-corrected chi connectivity index (χ1v) is 10.1. The molecule has 2 nitrogen and oxygen atoms in total. The Morgan fingerprint density at radius 1 is 0.889 bits per heavy atom. The molecule has 0 heterocycles. The van der Waals surface area contributed by atoms with Crippen molar-refractivity contribution in [2.24, 2.45) is 0 Å². The largest absolute Gasteiger partial charge is 0.344 e. The highest BCUT2D eigenvalue weighted by atomic mass is 35.5. The van der Waals surface area contributed by atoms with E-state index in [4.69, 9.17) is 11.6 Å². The third-order valence-electron chi connectivity index (χ3n) is 4.33. The molecule has 138 valence electrons. The van der Waals surface area contributed by atoms with Gasteiger partial charge in [0, 0.05) is 9.92 Å². The number of thioether (sulfide) groups is 1. The van der Waals surface area contributed by atoms with E-state index in [0.717, 1.165) is 16.0 Å². The third-order valence-corrected chi connectivity index (χ3v) is 5.69. The van der Waals surface area contributed by atoms with Crippen molar-refractivity contribution in [1.29, 1.82) is 0 Å². The maximum Gasteiger partial charge on any atom is 0.233 e. The molecule has 4 heteroatoms. The summed E-state index contributed by atoms with van der Waals surface area (Å²) in [5.74, 6) is 0.00405. The molecule has 0 bridgehead atoms. The molecule has 1 N–H and O–H groups in total. The van der Waals surface area contributed by atoms with Crippen LogP contribution in [0.5, 0.6) is 0 Å². The Kier molecular flexibility index (Phi) is 6.59. The lowest BCUT2D eigenvalue weighted by molar-refractivity contribution is -0.120.